The SMILES string of the molecule is CCCC1(C(=O)Nc2nnc(CC(C)C)s2)CCCN1. The first-order valence-electron chi connectivity index (χ1n) is 7.44. The number of carbonyl (C=O) groups excluding carboxylic acids is 1. The van der Waals surface area contributed by atoms with Gasteiger partial charge in [0.05, 0.1) is 5.54 Å². The molecule has 1 saturated heterocycles. The molecule has 20 heavy (non-hydrogen) atoms. The minimum absolute atomic E-state index is 0.0455. The van der Waals surface area contributed by atoms with Crippen LogP contribution in [0.15, 0.2) is 0 Å². The second-order valence-corrected chi connectivity index (χ2v) is 6.98. The van der Waals surface area contributed by atoms with Gasteiger partial charge in [-0.15, -0.1) is 10.2 Å². The average Bonchev–Trinajstić information content (AvgIpc) is 2.99. The number of hydrogen-bond acceptors (Lipinski definition) is 5. The summed E-state index contributed by atoms with van der Waals surface area (Å²) in [7, 11) is 0. The highest BCUT2D eigenvalue weighted by Gasteiger charge is 2.40. The third-order valence-corrected chi connectivity index (χ3v) is 4.49. The van der Waals surface area contributed by atoms with Crippen molar-refractivity contribution >= 4 is 22.4 Å². The second-order valence-electron chi connectivity index (χ2n) is 5.92. The molecular weight excluding hydrogens is 272 g/mol. The van der Waals surface area contributed by atoms with Crippen molar-refractivity contribution in [1.82, 2.24) is 15.5 Å². The lowest BCUT2D eigenvalue weighted by Gasteiger charge is -2.27. The molecular formula is C14H24N4OS. The van der Waals surface area contributed by atoms with Crippen LogP contribution < -0.4 is 10.6 Å². The van der Waals surface area contributed by atoms with Crippen LogP contribution in [-0.2, 0) is 11.2 Å². The maximum absolute atomic E-state index is 12.5. The standard InChI is InChI=1S/C14H24N4OS/c1-4-6-14(7-5-8-15-14)12(19)16-13-18-17-11(20-13)9-10(2)3/h10,15H,4-9H2,1-3H3,(H,16,18,19). The van der Waals surface area contributed by atoms with Crippen molar-refractivity contribution < 1.29 is 4.79 Å². The van der Waals surface area contributed by atoms with E-state index in [-0.39, 0.29) is 5.91 Å². The molecule has 0 radical (unpaired) electrons. The van der Waals surface area contributed by atoms with Crippen molar-refractivity contribution in [2.45, 2.75) is 58.4 Å². The Morgan fingerprint density at radius 1 is 1.50 bits per heavy atom. The topological polar surface area (TPSA) is 66.9 Å². The zero-order chi connectivity index (χ0) is 14.6. The average molecular weight is 296 g/mol. The molecule has 1 amide bonds. The van der Waals surface area contributed by atoms with Crippen LogP contribution in [0, 0.1) is 5.92 Å². The number of nitrogens with zero attached hydrogens (tertiary/aromatic N) is 2. The van der Waals surface area contributed by atoms with Gasteiger partial charge in [0.15, 0.2) is 0 Å². The molecule has 6 heteroatoms. The van der Waals surface area contributed by atoms with E-state index in [0.717, 1.165) is 43.7 Å². The molecule has 1 fully saturated rings. The van der Waals surface area contributed by atoms with Crippen molar-refractivity contribution in [2.24, 2.45) is 5.92 Å². The fourth-order valence-electron chi connectivity index (χ4n) is 2.71. The summed E-state index contributed by atoms with van der Waals surface area (Å²) in [4.78, 5) is 12.5. The molecule has 5 nitrogen and oxygen atoms in total. The van der Waals surface area contributed by atoms with Crippen molar-refractivity contribution in [1.29, 1.82) is 0 Å². The molecule has 0 saturated carbocycles. The Labute approximate surface area is 124 Å². The Balaban J connectivity index is 2.01. The second kappa shape index (κ2) is 6.63. The van der Waals surface area contributed by atoms with Gasteiger partial charge in [-0.25, -0.2) is 0 Å². The summed E-state index contributed by atoms with van der Waals surface area (Å²) in [6.45, 7) is 7.33. The van der Waals surface area contributed by atoms with Gasteiger partial charge in [0, 0.05) is 6.42 Å². The van der Waals surface area contributed by atoms with Crippen molar-refractivity contribution in [3.05, 3.63) is 5.01 Å². The van der Waals surface area contributed by atoms with Crippen molar-refractivity contribution in [3.8, 4) is 0 Å². The minimum atomic E-state index is -0.404. The number of amides is 1. The summed E-state index contributed by atoms with van der Waals surface area (Å²) < 4.78 is 0. The molecule has 0 aliphatic carbocycles. The van der Waals surface area contributed by atoms with Gasteiger partial charge in [-0.1, -0.05) is 38.5 Å². The third-order valence-electron chi connectivity index (χ3n) is 3.63. The first kappa shape index (κ1) is 15.4. The normalized spacial score (nSPS) is 22.4. The van der Waals surface area contributed by atoms with Gasteiger partial charge >= 0.3 is 0 Å². The number of nitrogens with one attached hydrogen (secondary N) is 2. The van der Waals surface area contributed by atoms with Gasteiger partial charge in [0.25, 0.3) is 0 Å². The van der Waals surface area contributed by atoms with Gasteiger partial charge in [-0.05, 0) is 31.7 Å². The van der Waals surface area contributed by atoms with Crippen LogP contribution in [0.25, 0.3) is 0 Å². The third kappa shape index (κ3) is 3.55. The summed E-state index contributed by atoms with van der Waals surface area (Å²) in [5.74, 6) is 0.596. The molecule has 1 aromatic heterocycles. The Hall–Kier alpha value is -1.01. The van der Waals surface area contributed by atoms with Crippen LogP contribution in [0.3, 0.4) is 0 Å². The quantitative estimate of drug-likeness (QED) is 0.847. The smallest absolute Gasteiger partial charge is 0.246 e. The zero-order valence-electron chi connectivity index (χ0n) is 12.5. The fraction of sp³-hybridized carbons (Fsp3) is 0.786. The zero-order valence-corrected chi connectivity index (χ0v) is 13.3. The molecule has 1 aliphatic rings. The molecule has 2 N–H and O–H groups in total. The molecule has 0 spiro atoms. The molecule has 2 heterocycles. The van der Waals surface area contributed by atoms with Crippen molar-refractivity contribution in [3.63, 3.8) is 0 Å². The van der Waals surface area contributed by atoms with Gasteiger partial charge in [-0.3, -0.25) is 10.1 Å². The Morgan fingerprint density at radius 3 is 2.90 bits per heavy atom. The Kier molecular flexibility index (Phi) is 5.10. The molecule has 0 bridgehead atoms. The van der Waals surface area contributed by atoms with E-state index in [0.29, 0.717) is 11.0 Å². The predicted octanol–water partition coefficient (Wildman–Crippen LogP) is 2.60. The Bertz CT molecular complexity index is 452. The predicted molar refractivity (Wildman–Crippen MR) is 82.0 cm³/mol. The van der Waals surface area contributed by atoms with Gasteiger partial charge < -0.3 is 5.32 Å². The molecule has 1 atom stereocenters. The number of hydrogen-bond donors (Lipinski definition) is 2. The summed E-state index contributed by atoms with van der Waals surface area (Å²) in [5, 5.41) is 16.1. The van der Waals surface area contributed by atoms with E-state index >= 15 is 0 Å². The van der Waals surface area contributed by atoms with Gasteiger partial charge in [-0.2, -0.15) is 0 Å². The lowest BCUT2D eigenvalue weighted by atomic mass is 9.91. The molecule has 1 unspecified atom stereocenters. The number of anilines is 1. The summed E-state index contributed by atoms with van der Waals surface area (Å²) in [6, 6.07) is 0. The highest BCUT2D eigenvalue weighted by atomic mass is 32.1. The minimum Gasteiger partial charge on any atom is -0.303 e. The van der Waals surface area contributed by atoms with Crippen LogP contribution in [0.1, 0.15) is 51.5 Å². The molecule has 0 aromatic carbocycles. The lowest BCUT2D eigenvalue weighted by Crippen LogP contribution is -2.50. The number of rotatable bonds is 6. The lowest BCUT2D eigenvalue weighted by molar-refractivity contribution is -0.122. The Morgan fingerprint density at radius 2 is 2.30 bits per heavy atom. The highest BCUT2D eigenvalue weighted by Crippen LogP contribution is 2.27. The first-order chi connectivity index (χ1) is 9.55. The maximum Gasteiger partial charge on any atom is 0.246 e. The first-order valence-corrected chi connectivity index (χ1v) is 8.26. The van der Waals surface area contributed by atoms with E-state index in [2.05, 4.69) is 41.6 Å². The monoisotopic (exact) mass is 296 g/mol. The summed E-state index contributed by atoms with van der Waals surface area (Å²) in [6.07, 6.45) is 4.74. The molecule has 1 aliphatic heterocycles. The van der Waals surface area contributed by atoms with E-state index in [4.69, 9.17) is 0 Å². The highest BCUT2D eigenvalue weighted by molar-refractivity contribution is 7.15. The van der Waals surface area contributed by atoms with Crippen LogP contribution in [0.5, 0.6) is 0 Å². The number of carbonyl (C=O) groups is 1. The van der Waals surface area contributed by atoms with Crippen LogP contribution in [-0.4, -0.2) is 28.2 Å². The van der Waals surface area contributed by atoms with Crippen LogP contribution in [0.2, 0.25) is 0 Å². The molecule has 1 aromatic rings. The molecule has 112 valence electrons. The van der Waals surface area contributed by atoms with E-state index in [1.807, 2.05) is 0 Å². The van der Waals surface area contributed by atoms with Crippen molar-refractivity contribution in [2.75, 3.05) is 11.9 Å². The van der Waals surface area contributed by atoms with Gasteiger partial charge in [0.2, 0.25) is 11.0 Å². The van der Waals surface area contributed by atoms with Crippen LogP contribution in [0.4, 0.5) is 5.13 Å². The fourth-order valence-corrected chi connectivity index (χ4v) is 3.65. The van der Waals surface area contributed by atoms with Gasteiger partial charge in [0.1, 0.15) is 5.01 Å². The summed E-state index contributed by atoms with van der Waals surface area (Å²) in [5.41, 5.74) is -0.404. The number of aromatic nitrogens is 2. The molecule has 2 rings (SSSR count). The van der Waals surface area contributed by atoms with E-state index < -0.39 is 5.54 Å². The maximum atomic E-state index is 12.5. The largest absolute Gasteiger partial charge is 0.303 e. The van der Waals surface area contributed by atoms with E-state index in [1.165, 1.54) is 11.3 Å². The summed E-state index contributed by atoms with van der Waals surface area (Å²) >= 11 is 1.48. The van der Waals surface area contributed by atoms with E-state index in [1.54, 1.807) is 0 Å². The van der Waals surface area contributed by atoms with Crippen LogP contribution >= 0.6 is 11.3 Å². The van der Waals surface area contributed by atoms with E-state index in [9.17, 15) is 4.79 Å².